The molecule has 2 aromatic carbocycles. The topological polar surface area (TPSA) is 85.5 Å². The number of H-pyrrole nitrogens is 1. The van der Waals surface area contributed by atoms with Gasteiger partial charge in [-0.3, -0.25) is 14.5 Å². The Balaban J connectivity index is 1.27. The molecule has 5 rings (SSSR count). The number of nitrogens with one attached hydrogen (secondary N) is 2. The van der Waals surface area contributed by atoms with Gasteiger partial charge in [0.2, 0.25) is 0 Å². The van der Waals surface area contributed by atoms with Gasteiger partial charge < -0.3 is 15.2 Å². The number of benzene rings is 2. The smallest absolute Gasteiger partial charge is 0.325 e. The van der Waals surface area contributed by atoms with Crippen molar-refractivity contribution in [2.75, 3.05) is 13.1 Å². The van der Waals surface area contributed by atoms with Gasteiger partial charge in [0, 0.05) is 24.0 Å². The molecule has 7 nitrogen and oxygen atoms in total. The molecule has 1 aromatic heterocycles. The summed E-state index contributed by atoms with van der Waals surface area (Å²) in [7, 11) is 0. The fraction of sp³-hybridized carbons (Fsp3) is 0.261. The van der Waals surface area contributed by atoms with Gasteiger partial charge >= 0.3 is 6.03 Å². The van der Waals surface area contributed by atoms with Crippen molar-refractivity contribution in [2.24, 2.45) is 0 Å². The minimum Gasteiger partial charge on any atom is -0.351 e. The Hall–Kier alpha value is -3.68. The maximum Gasteiger partial charge on any atom is 0.325 e. The molecular weight excluding hydrogens is 399 g/mol. The second kappa shape index (κ2) is 7.23. The summed E-state index contributed by atoms with van der Waals surface area (Å²) in [5.41, 5.74) is 1.09. The van der Waals surface area contributed by atoms with Crippen LogP contribution in [0, 0.1) is 5.82 Å². The molecule has 0 radical (unpaired) electrons. The SMILES string of the molecule is O=C(c1cc2ccccc2[nH]1)N1CCC2(CC1)NC(=O)N(Cc1ccc(F)cc1)C2=O. The number of hydrogen-bond donors (Lipinski definition) is 2. The number of halogens is 1. The number of aromatic amines is 1. The number of amides is 4. The molecule has 31 heavy (non-hydrogen) atoms. The quantitative estimate of drug-likeness (QED) is 0.639. The van der Waals surface area contributed by atoms with E-state index in [0.717, 1.165) is 10.9 Å². The lowest BCUT2D eigenvalue weighted by Gasteiger charge is -2.37. The Morgan fingerprint density at radius 3 is 2.45 bits per heavy atom. The molecule has 1 spiro atoms. The van der Waals surface area contributed by atoms with Crippen molar-refractivity contribution < 1.29 is 18.8 Å². The van der Waals surface area contributed by atoms with Gasteiger partial charge in [0.1, 0.15) is 17.1 Å². The third kappa shape index (κ3) is 3.34. The highest BCUT2D eigenvalue weighted by Gasteiger charge is 2.52. The van der Waals surface area contributed by atoms with E-state index in [2.05, 4.69) is 10.3 Å². The summed E-state index contributed by atoms with van der Waals surface area (Å²) in [5.74, 6) is -0.782. The van der Waals surface area contributed by atoms with E-state index in [9.17, 15) is 18.8 Å². The first-order valence-electron chi connectivity index (χ1n) is 10.2. The van der Waals surface area contributed by atoms with Crippen molar-refractivity contribution in [3.63, 3.8) is 0 Å². The van der Waals surface area contributed by atoms with Crippen molar-refractivity contribution in [3.8, 4) is 0 Å². The zero-order chi connectivity index (χ0) is 21.6. The van der Waals surface area contributed by atoms with Crippen molar-refractivity contribution in [2.45, 2.75) is 24.9 Å². The van der Waals surface area contributed by atoms with Crippen molar-refractivity contribution in [1.29, 1.82) is 0 Å². The van der Waals surface area contributed by atoms with E-state index in [1.165, 1.54) is 17.0 Å². The zero-order valence-corrected chi connectivity index (χ0v) is 16.7. The van der Waals surface area contributed by atoms with Crippen LogP contribution >= 0.6 is 0 Å². The maximum atomic E-state index is 13.1. The fourth-order valence-corrected chi connectivity index (χ4v) is 4.38. The highest BCUT2D eigenvalue weighted by molar-refractivity contribution is 6.07. The number of carbonyl (C=O) groups excluding carboxylic acids is 3. The first kappa shape index (κ1) is 19.3. The minimum absolute atomic E-state index is 0.0877. The van der Waals surface area contributed by atoms with E-state index < -0.39 is 11.6 Å². The van der Waals surface area contributed by atoms with Crippen molar-refractivity contribution >= 4 is 28.7 Å². The molecule has 0 atom stereocenters. The Labute approximate surface area is 177 Å². The lowest BCUT2D eigenvalue weighted by molar-refractivity contribution is -0.133. The number of nitrogens with zero attached hydrogens (tertiary/aromatic N) is 2. The van der Waals surface area contributed by atoms with Crippen LogP contribution < -0.4 is 5.32 Å². The molecule has 4 amide bonds. The molecule has 158 valence electrons. The molecule has 0 unspecified atom stereocenters. The number of likely N-dealkylation sites (tertiary alicyclic amines) is 1. The standard InChI is InChI=1S/C23H21FN4O3/c24-17-7-5-15(6-8-17)14-28-21(30)23(26-22(28)31)9-11-27(12-10-23)20(29)19-13-16-3-1-2-4-18(16)25-19/h1-8,13,25H,9-12,14H2,(H,26,31). The minimum atomic E-state index is -0.992. The van der Waals surface area contributed by atoms with Crippen LogP contribution in [0.5, 0.6) is 0 Å². The van der Waals surface area contributed by atoms with Crippen LogP contribution in [0.15, 0.2) is 54.6 Å². The Morgan fingerprint density at radius 2 is 1.74 bits per heavy atom. The highest BCUT2D eigenvalue weighted by Crippen LogP contribution is 2.31. The zero-order valence-electron chi connectivity index (χ0n) is 16.7. The van der Waals surface area contributed by atoms with Gasteiger partial charge in [-0.1, -0.05) is 30.3 Å². The number of piperidine rings is 1. The summed E-state index contributed by atoms with van der Waals surface area (Å²) in [6, 6.07) is 14.8. The van der Waals surface area contributed by atoms with Crippen LogP contribution in [0.2, 0.25) is 0 Å². The number of fused-ring (bicyclic) bond motifs is 1. The largest absolute Gasteiger partial charge is 0.351 e. The molecular formula is C23H21FN4O3. The van der Waals surface area contributed by atoms with Gasteiger partial charge in [-0.2, -0.15) is 0 Å². The Morgan fingerprint density at radius 1 is 1.03 bits per heavy atom. The summed E-state index contributed by atoms with van der Waals surface area (Å²) in [6.45, 7) is 0.819. The van der Waals surface area contributed by atoms with Gasteiger partial charge in [-0.05, 0) is 42.7 Å². The summed E-state index contributed by atoms with van der Waals surface area (Å²) >= 11 is 0. The summed E-state index contributed by atoms with van der Waals surface area (Å²) in [5, 5.41) is 3.81. The van der Waals surface area contributed by atoms with Crippen LogP contribution in [0.1, 0.15) is 28.9 Å². The fourth-order valence-electron chi connectivity index (χ4n) is 4.38. The van der Waals surface area contributed by atoms with Gasteiger partial charge in [0.05, 0.1) is 6.54 Å². The summed E-state index contributed by atoms with van der Waals surface area (Å²) < 4.78 is 13.1. The first-order valence-corrected chi connectivity index (χ1v) is 10.2. The normalized spacial score (nSPS) is 18.1. The van der Waals surface area contributed by atoms with E-state index in [0.29, 0.717) is 37.2 Å². The van der Waals surface area contributed by atoms with Crippen LogP contribution in [0.4, 0.5) is 9.18 Å². The van der Waals surface area contributed by atoms with Gasteiger partial charge in [0.15, 0.2) is 0 Å². The molecule has 2 aliphatic rings. The number of hydrogen-bond acceptors (Lipinski definition) is 3. The number of para-hydroxylation sites is 1. The molecule has 2 saturated heterocycles. The third-order valence-corrected chi connectivity index (χ3v) is 6.16. The lowest BCUT2D eigenvalue weighted by Crippen LogP contribution is -2.55. The molecule has 0 aliphatic carbocycles. The summed E-state index contributed by atoms with van der Waals surface area (Å²) in [4.78, 5) is 44.5. The molecule has 2 N–H and O–H groups in total. The van der Waals surface area contributed by atoms with Crippen molar-refractivity contribution in [3.05, 3.63) is 71.7 Å². The molecule has 8 heteroatoms. The monoisotopic (exact) mass is 420 g/mol. The summed E-state index contributed by atoms with van der Waals surface area (Å²) in [6.07, 6.45) is 0.701. The predicted octanol–water partition coefficient (Wildman–Crippen LogP) is 3.03. The average Bonchev–Trinajstić information content (AvgIpc) is 3.30. The van der Waals surface area contributed by atoms with E-state index in [1.807, 2.05) is 30.3 Å². The second-order valence-corrected chi connectivity index (χ2v) is 8.09. The van der Waals surface area contributed by atoms with Gasteiger partial charge in [-0.15, -0.1) is 0 Å². The maximum absolute atomic E-state index is 13.1. The molecule has 2 fully saturated rings. The molecule has 0 bridgehead atoms. The first-order chi connectivity index (χ1) is 14.9. The van der Waals surface area contributed by atoms with E-state index in [-0.39, 0.29) is 24.2 Å². The second-order valence-electron chi connectivity index (χ2n) is 8.09. The molecule has 2 aliphatic heterocycles. The Kier molecular flexibility index (Phi) is 4.50. The molecule has 3 aromatic rings. The van der Waals surface area contributed by atoms with E-state index >= 15 is 0 Å². The molecule has 3 heterocycles. The average molecular weight is 420 g/mol. The molecule has 0 saturated carbocycles. The highest BCUT2D eigenvalue weighted by atomic mass is 19.1. The van der Waals surface area contributed by atoms with Crippen LogP contribution in [0.25, 0.3) is 10.9 Å². The van der Waals surface area contributed by atoms with Crippen molar-refractivity contribution in [1.82, 2.24) is 20.1 Å². The van der Waals surface area contributed by atoms with E-state index in [4.69, 9.17) is 0 Å². The number of carbonyl (C=O) groups is 3. The van der Waals surface area contributed by atoms with Crippen LogP contribution in [-0.2, 0) is 11.3 Å². The van der Waals surface area contributed by atoms with Crippen LogP contribution in [-0.4, -0.2) is 51.3 Å². The Bertz CT molecular complexity index is 1150. The number of imide groups is 1. The number of aromatic nitrogens is 1. The third-order valence-electron chi connectivity index (χ3n) is 6.16. The van der Waals surface area contributed by atoms with Gasteiger partial charge in [-0.25, -0.2) is 9.18 Å². The lowest BCUT2D eigenvalue weighted by atomic mass is 9.87. The van der Waals surface area contributed by atoms with E-state index in [1.54, 1.807) is 17.0 Å². The predicted molar refractivity (Wildman–Crippen MR) is 112 cm³/mol. The number of rotatable bonds is 3. The number of urea groups is 1. The van der Waals surface area contributed by atoms with Gasteiger partial charge in [0.25, 0.3) is 11.8 Å². The van der Waals surface area contributed by atoms with Crippen LogP contribution in [0.3, 0.4) is 0 Å².